The minimum atomic E-state index is 0.732. The first-order valence-electron chi connectivity index (χ1n) is 7.01. The van der Waals surface area contributed by atoms with Crippen molar-refractivity contribution in [1.82, 2.24) is 4.98 Å². The van der Waals surface area contributed by atoms with E-state index in [2.05, 4.69) is 47.8 Å². The van der Waals surface area contributed by atoms with Crippen molar-refractivity contribution in [3.63, 3.8) is 0 Å². The number of fused-ring (bicyclic) bond motifs is 1. The number of rotatable bonds is 2. The highest BCUT2D eigenvalue weighted by Gasteiger charge is 2.10. The van der Waals surface area contributed by atoms with Gasteiger partial charge >= 0.3 is 0 Å². The van der Waals surface area contributed by atoms with Gasteiger partial charge < -0.3 is 0 Å². The molecule has 106 valence electrons. The number of halogens is 1. The molecule has 0 aliphatic carbocycles. The Balaban J connectivity index is 2.05. The zero-order valence-electron chi connectivity index (χ0n) is 11.7. The number of aromatic nitrogens is 1. The van der Waals surface area contributed by atoms with Crippen molar-refractivity contribution in [2.45, 2.75) is 0 Å². The first-order chi connectivity index (χ1) is 10.8. The summed E-state index contributed by atoms with van der Waals surface area (Å²) >= 11 is 7.89. The van der Waals surface area contributed by atoms with Crippen LogP contribution in [0.4, 0.5) is 0 Å². The van der Waals surface area contributed by atoms with E-state index in [-0.39, 0.29) is 0 Å². The van der Waals surface area contributed by atoms with Crippen molar-refractivity contribution in [2.75, 3.05) is 0 Å². The maximum absolute atomic E-state index is 6.19. The molecule has 3 heteroatoms. The van der Waals surface area contributed by atoms with Gasteiger partial charge in [0.25, 0.3) is 0 Å². The third kappa shape index (κ3) is 2.41. The zero-order chi connectivity index (χ0) is 14.9. The van der Waals surface area contributed by atoms with Gasteiger partial charge in [-0.2, -0.15) is 0 Å². The highest BCUT2D eigenvalue weighted by Crippen LogP contribution is 2.34. The van der Waals surface area contributed by atoms with Crippen LogP contribution < -0.4 is 0 Å². The van der Waals surface area contributed by atoms with Crippen LogP contribution in [0.25, 0.3) is 32.6 Å². The number of thiophene rings is 1. The van der Waals surface area contributed by atoms with Crippen LogP contribution in [0, 0.1) is 0 Å². The summed E-state index contributed by atoms with van der Waals surface area (Å²) < 4.78 is 0. The highest BCUT2D eigenvalue weighted by atomic mass is 35.5. The first-order valence-corrected chi connectivity index (χ1v) is 8.27. The zero-order valence-corrected chi connectivity index (χ0v) is 13.2. The van der Waals surface area contributed by atoms with E-state index in [1.807, 2.05) is 24.3 Å². The van der Waals surface area contributed by atoms with Gasteiger partial charge in [0.2, 0.25) is 0 Å². The lowest BCUT2D eigenvalue weighted by atomic mass is 10.00. The Morgan fingerprint density at radius 1 is 0.864 bits per heavy atom. The fourth-order valence-corrected chi connectivity index (χ4v) is 3.46. The second-order valence-corrected chi connectivity index (χ2v) is 6.44. The van der Waals surface area contributed by atoms with E-state index in [0.717, 1.165) is 27.2 Å². The van der Waals surface area contributed by atoms with Gasteiger partial charge in [0.05, 0.1) is 16.1 Å². The van der Waals surface area contributed by atoms with E-state index < -0.39 is 0 Å². The Kier molecular flexibility index (Phi) is 3.41. The van der Waals surface area contributed by atoms with Crippen LogP contribution in [0.3, 0.4) is 0 Å². The molecule has 0 spiro atoms. The van der Waals surface area contributed by atoms with Crippen molar-refractivity contribution >= 4 is 33.8 Å². The van der Waals surface area contributed by atoms with Gasteiger partial charge in [-0.3, -0.25) is 0 Å². The van der Waals surface area contributed by atoms with Crippen LogP contribution in [0.15, 0.2) is 72.1 Å². The minimum Gasteiger partial charge on any atom is -0.247 e. The predicted molar refractivity (Wildman–Crippen MR) is 95.5 cm³/mol. The molecule has 0 unspecified atom stereocenters. The largest absolute Gasteiger partial charge is 0.247 e. The van der Waals surface area contributed by atoms with E-state index in [9.17, 15) is 0 Å². The number of hydrogen-bond acceptors (Lipinski definition) is 2. The summed E-state index contributed by atoms with van der Waals surface area (Å²) in [6.07, 6.45) is 0. The molecule has 0 N–H and O–H groups in total. The molecule has 0 saturated heterocycles. The maximum Gasteiger partial charge on any atom is 0.0815 e. The Bertz CT molecular complexity index is 930. The van der Waals surface area contributed by atoms with E-state index in [0.29, 0.717) is 0 Å². The molecule has 0 saturated carbocycles. The molecule has 0 atom stereocenters. The molecule has 2 aromatic heterocycles. The second-order valence-electron chi connectivity index (χ2n) is 5.06. The van der Waals surface area contributed by atoms with Crippen LogP contribution in [0.2, 0.25) is 5.02 Å². The average Bonchev–Trinajstić information content (AvgIpc) is 3.09. The molecule has 22 heavy (non-hydrogen) atoms. The number of benzene rings is 2. The smallest absolute Gasteiger partial charge is 0.0815 e. The fraction of sp³-hybridized carbons (Fsp3) is 0. The Labute approximate surface area is 137 Å². The molecule has 4 rings (SSSR count). The van der Waals surface area contributed by atoms with Crippen LogP contribution >= 0.6 is 22.9 Å². The minimum absolute atomic E-state index is 0.732. The fourth-order valence-electron chi connectivity index (χ4n) is 2.61. The molecule has 0 fully saturated rings. The molecule has 0 radical (unpaired) electrons. The standard InChI is InChI=1S/C19H12ClNS/c20-14-8-9-17-16(11-14)15(13-5-2-1-3-6-13)12-18(21-17)19-7-4-10-22-19/h1-12H. The third-order valence-electron chi connectivity index (χ3n) is 3.63. The van der Waals surface area contributed by atoms with Crippen LogP contribution in [-0.2, 0) is 0 Å². The SMILES string of the molecule is Clc1ccc2nc(-c3cccs3)cc(-c3ccccc3)c2c1. The van der Waals surface area contributed by atoms with E-state index >= 15 is 0 Å². The van der Waals surface area contributed by atoms with Crippen LogP contribution in [0.1, 0.15) is 0 Å². The molecule has 2 aromatic carbocycles. The summed E-state index contributed by atoms with van der Waals surface area (Å²) in [6.45, 7) is 0. The topological polar surface area (TPSA) is 12.9 Å². The van der Waals surface area contributed by atoms with E-state index in [4.69, 9.17) is 16.6 Å². The summed E-state index contributed by atoms with van der Waals surface area (Å²) in [5.41, 5.74) is 4.31. The average molecular weight is 322 g/mol. The van der Waals surface area contributed by atoms with Gasteiger partial charge in [-0.1, -0.05) is 48.0 Å². The van der Waals surface area contributed by atoms with Crippen molar-refractivity contribution in [1.29, 1.82) is 0 Å². The summed E-state index contributed by atoms with van der Waals surface area (Å²) in [6, 6.07) is 22.5. The van der Waals surface area contributed by atoms with Gasteiger partial charge in [0.1, 0.15) is 0 Å². The highest BCUT2D eigenvalue weighted by molar-refractivity contribution is 7.13. The van der Waals surface area contributed by atoms with Crippen molar-refractivity contribution in [2.24, 2.45) is 0 Å². The number of pyridine rings is 1. The van der Waals surface area contributed by atoms with Crippen LogP contribution in [0.5, 0.6) is 0 Å². The molecule has 0 bridgehead atoms. The summed E-state index contributed by atoms with van der Waals surface area (Å²) in [7, 11) is 0. The van der Waals surface area contributed by atoms with Gasteiger partial charge in [-0.25, -0.2) is 4.98 Å². The molecule has 2 heterocycles. The monoisotopic (exact) mass is 321 g/mol. The van der Waals surface area contributed by atoms with Crippen molar-refractivity contribution < 1.29 is 0 Å². The third-order valence-corrected chi connectivity index (χ3v) is 4.76. The lowest BCUT2D eigenvalue weighted by Crippen LogP contribution is -1.88. The number of nitrogens with zero attached hydrogens (tertiary/aromatic N) is 1. The lowest BCUT2D eigenvalue weighted by molar-refractivity contribution is 1.42. The molecular weight excluding hydrogens is 310 g/mol. The molecule has 4 aromatic rings. The van der Waals surface area contributed by atoms with Crippen molar-refractivity contribution in [3.05, 3.63) is 77.1 Å². The number of hydrogen-bond donors (Lipinski definition) is 0. The van der Waals surface area contributed by atoms with Gasteiger partial charge in [-0.15, -0.1) is 11.3 Å². The summed E-state index contributed by atoms with van der Waals surface area (Å²) in [5.74, 6) is 0. The first kappa shape index (κ1) is 13.5. The summed E-state index contributed by atoms with van der Waals surface area (Å²) in [5, 5.41) is 3.89. The molecule has 0 amide bonds. The van der Waals surface area contributed by atoms with Crippen LogP contribution in [-0.4, -0.2) is 4.98 Å². The Morgan fingerprint density at radius 3 is 2.50 bits per heavy atom. The molecule has 0 aliphatic rings. The quantitative estimate of drug-likeness (QED) is 0.423. The van der Waals surface area contributed by atoms with Gasteiger partial charge in [0.15, 0.2) is 0 Å². The second kappa shape index (κ2) is 5.56. The normalized spacial score (nSPS) is 11.0. The lowest BCUT2D eigenvalue weighted by Gasteiger charge is -2.10. The molecular formula is C19H12ClNS. The summed E-state index contributed by atoms with van der Waals surface area (Å²) in [4.78, 5) is 5.97. The Morgan fingerprint density at radius 2 is 1.73 bits per heavy atom. The van der Waals surface area contributed by atoms with Gasteiger partial charge in [-0.05, 0) is 46.8 Å². The predicted octanol–water partition coefficient (Wildman–Crippen LogP) is 6.28. The molecule has 1 nitrogen and oxygen atoms in total. The molecule has 0 aliphatic heterocycles. The van der Waals surface area contributed by atoms with Crippen molar-refractivity contribution in [3.8, 4) is 21.7 Å². The van der Waals surface area contributed by atoms with E-state index in [1.165, 1.54) is 10.4 Å². The maximum atomic E-state index is 6.19. The Hall–Kier alpha value is -2.16. The van der Waals surface area contributed by atoms with E-state index in [1.54, 1.807) is 11.3 Å². The van der Waals surface area contributed by atoms with Gasteiger partial charge in [0, 0.05) is 10.4 Å².